The van der Waals surface area contributed by atoms with Crippen LogP contribution in [0.1, 0.15) is 42.9 Å². The molecule has 0 saturated heterocycles. The molecule has 0 fully saturated rings. The second-order valence-electron chi connectivity index (χ2n) is 5.95. The van der Waals surface area contributed by atoms with Gasteiger partial charge in [0.15, 0.2) is 5.70 Å². The van der Waals surface area contributed by atoms with Crippen LogP contribution in [0, 0.1) is 0 Å². The van der Waals surface area contributed by atoms with Crippen LogP contribution in [0.25, 0.3) is 0 Å². The summed E-state index contributed by atoms with van der Waals surface area (Å²) in [5.41, 5.74) is 0.714. The summed E-state index contributed by atoms with van der Waals surface area (Å²) >= 11 is 0. The predicted molar refractivity (Wildman–Crippen MR) is 92.7 cm³/mol. The van der Waals surface area contributed by atoms with E-state index in [1.165, 1.54) is 12.1 Å². The van der Waals surface area contributed by atoms with Gasteiger partial charge in [0, 0.05) is 5.56 Å². The second kappa shape index (κ2) is 6.66. The Morgan fingerprint density at radius 1 is 0.964 bits per heavy atom. The minimum Gasteiger partial charge on any atom is -0.464 e. The molecule has 0 aromatic heterocycles. The zero-order chi connectivity index (χ0) is 19.8. The van der Waals surface area contributed by atoms with Gasteiger partial charge in [-0.1, -0.05) is 30.3 Å². The summed E-state index contributed by atoms with van der Waals surface area (Å²) in [5, 5.41) is 0. The maximum absolute atomic E-state index is 12.6. The quantitative estimate of drug-likeness (QED) is 0.347. The molecule has 1 atom stereocenters. The Bertz CT molecular complexity index is 1020. The van der Waals surface area contributed by atoms with Crippen molar-refractivity contribution in [2.45, 2.75) is 6.29 Å². The maximum atomic E-state index is 12.6. The summed E-state index contributed by atoms with van der Waals surface area (Å²) in [4.78, 5) is 50.1. The van der Waals surface area contributed by atoms with Crippen LogP contribution in [-0.4, -0.2) is 35.8 Å². The Hall–Kier alpha value is -3.94. The number of ether oxygens (including phenoxy) is 3. The minimum atomic E-state index is -1.11. The highest BCUT2D eigenvalue weighted by Gasteiger charge is 2.41. The van der Waals surface area contributed by atoms with Gasteiger partial charge in [-0.05, 0) is 18.2 Å². The lowest BCUT2D eigenvalue weighted by molar-refractivity contribution is -0.138. The van der Waals surface area contributed by atoms with Crippen molar-refractivity contribution in [1.82, 2.24) is 4.90 Å². The van der Waals surface area contributed by atoms with Gasteiger partial charge in [-0.3, -0.25) is 9.59 Å². The number of nitrogens with zero attached hydrogens (tertiary/aromatic N) is 1. The van der Waals surface area contributed by atoms with Gasteiger partial charge >= 0.3 is 11.9 Å². The van der Waals surface area contributed by atoms with E-state index >= 15 is 0 Å². The molecule has 28 heavy (non-hydrogen) atoms. The molecule has 8 nitrogen and oxygen atoms in total. The fourth-order valence-corrected chi connectivity index (χ4v) is 3.04. The van der Waals surface area contributed by atoms with Gasteiger partial charge in [-0.15, -0.1) is 0 Å². The van der Waals surface area contributed by atoms with Crippen molar-refractivity contribution in [3.8, 4) is 0 Å². The summed E-state index contributed by atoms with van der Waals surface area (Å²) in [6.45, 7) is 0. The number of rotatable bonds is 4. The van der Waals surface area contributed by atoms with Crippen molar-refractivity contribution in [1.29, 1.82) is 0 Å². The average molecular weight is 379 g/mol. The molecule has 0 bridgehead atoms. The van der Waals surface area contributed by atoms with Gasteiger partial charge in [-0.2, -0.15) is 0 Å². The highest BCUT2D eigenvalue weighted by atomic mass is 16.7. The number of carbonyl (C=O) groups is 4. The van der Waals surface area contributed by atoms with Gasteiger partial charge in [-0.25, -0.2) is 14.5 Å². The lowest BCUT2D eigenvalue weighted by Gasteiger charge is -2.17. The van der Waals surface area contributed by atoms with Crippen molar-refractivity contribution >= 4 is 23.8 Å². The molecule has 0 N–H and O–H groups in total. The topological polar surface area (TPSA) is 99.2 Å². The molecular weight excluding hydrogens is 366 g/mol. The van der Waals surface area contributed by atoms with E-state index in [9.17, 15) is 19.2 Å². The predicted octanol–water partition coefficient (Wildman–Crippen LogP) is 2.18. The summed E-state index contributed by atoms with van der Waals surface area (Å²) in [5.74, 6) is -2.88. The van der Waals surface area contributed by atoms with E-state index in [-0.39, 0.29) is 11.1 Å². The van der Waals surface area contributed by atoms with Gasteiger partial charge in [0.1, 0.15) is 6.26 Å². The van der Waals surface area contributed by atoms with Crippen LogP contribution < -0.4 is 0 Å². The van der Waals surface area contributed by atoms with E-state index in [4.69, 9.17) is 9.47 Å². The van der Waals surface area contributed by atoms with E-state index in [1.807, 2.05) is 0 Å². The molecule has 2 amide bonds. The number of hydrogen-bond acceptors (Lipinski definition) is 7. The molecule has 0 radical (unpaired) electrons. The first-order chi connectivity index (χ1) is 13.5. The lowest BCUT2D eigenvalue weighted by Crippen LogP contribution is -2.33. The van der Waals surface area contributed by atoms with Crippen LogP contribution >= 0.6 is 0 Å². The molecule has 2 heterocycles. The first-order valence-electron chi connectivity index (χ1n) is 8.24. The molecule has 2 aliphatic heterocycles. The molecule has 2 aromatic rings. The molecule has 4 rings (SSSR count). The third-order valence-electron chi connectivity index (χ3n) is 4.38. The largest absolute Gasteiger partial charge is 0.464 e. The Morgan fingerprint density at radius 3 is 2.14 bits per heavy atom. The number of hydrogen-bond donors (Lipinski definition) is 0. The first-order valence-corrected chi connectivity index (χ1v) is 8.24. The average Bonchev–Trinajstić information content (AvgIpc) is 3.17. The summed E-state index contributed by atoms with van der Waals surface area (Å²) in [6, 6.07) is 12.8. The Kier molecular flexibility index (Phi) is 4.15. The number of fused-ring (bicyclic) bond motifs is 2. The van der Waals surface area contributed by atoms with Gasteiger partial charge in [0.2, 0.25) is 0 Å². The van der Waals surface area contributed by atoms with Crippen LogP contribution in [0.5, 0.6) is 0 Å². The van der Waals surface area contributed by atoms with Gasteiger partial charge in [0.25, 0.3) is 18.1 Å². The van der Waals surface area contributed by atoms with Crippen molar-refractivity contribution in [2.24, 2.45) is 0 Å². The number of imide groups is 1. The second-order valence-corrected chi connectivity index (χ2v) is 5.95. The number of cyclic esters (lactones) is 1. The molecule has 0 spiro atoms. The van der Waals surface area contributed by atoms with E-state index in [0.717, 1.165) is 13.4 Å². The van der Waals surface area contributed by atoms with E-state index in [2.05, 4.69) is 4.74 Å². The van der Waals surface area contributed by atoms with Crippen LogP contribution in [-0.2, 0) is 19.0 Å². The summed E-state index contributed by atoms with van der Waals surface area (Å²) in [7, 11) is 1.11. The highest BCUT2D eigenvalue weighted by Crippen LogP contribution is 2.32. The standard InChI is InChI=1S/C20H13NO7/c1-26-19(25)15(21-16(22)11-6-2-3-7-12(11)17(21)23)10-27-20-14-9-5-4-8-13(14)18(24)28-20/h2-10,20H,1H3/b15-10-/t20-/m0/s1. The molecule has 2 aliphatic rings. The number of amides is 2. The Morgan fingerprint density at radius 2 is 1.54 bits per heavy atom. The molecular formula is C20H13NO7. The molecule has 0 aliphatic carbocycles. The van der Waals surface area contributed by atoms with Crippen LogP contribution in [0.4, 0.5) is 0 Å². The molecule has 140 valence electrons. The Labute approximate surface area is 158 Å². The summed E-state index contributed by atoms with van der Waals surface area (Å²) < 4.78 is 15.3. The van der Waals surface area contributed by atoms with E-state index < -0.39 is 35.7 Å². The smallest absolute Gasteiger partial charge is 0.358 e. The van der Waals surface area contributed by atoms with Gasteiger partial charge < -0.3 is 14.2 Å². The lowest BCUT2D eigenvalue weighted by atomic mass is 10.1. The molecule has 0 unspecified atom stereocenters. The summed E-state index contributed by atoms with van der Waals surface area (Å²) in [6.07, 6.45) is -0.216. The fourth-order valence-electron chi connectivity index (χ4n) is 3.04. The van der Waals surface area contributed by atoms with Gasteiger partial charge in [0.05, 0.1) is 23.8 Å². The molecule has 8 heteroatoms. The molecule has 2 aromatic carbocycles. The monoisotopic (exact) mass is 379 g/mol. The number of esters is 2. The third kappa shape index (κ3) is 2.62. The van der Waals surface area contributed by atoms with Crippen molar-refractivity contribution < 1.29 is 33.4 Å². The Balaban J connectivity index is 1.67. The normalized spacial score (nSPS) is 17.9. The maximum Gasteiger partial charge on any atom is 0.358 e. The molecule has 0 saturated carbocycles. The third-order valence-corrected chi connectivity index (χ3v) is 4.38. The minimum absolute atomic E-state index is 0.167. The number of carbonyl (C=O) groups excluding carboxylic acids is 4. The van der Waals surface area contributed by atoms with Crippen LogP contribution in [0.2, 0.25) is 0 Å². The fraction of sp³-hybridized carbons (Fsp3) is 0.100. The van der Waals surface area contributed by atoms with Crippen molar-refractivity contribution in [2.75, 3.05) is 7.11 Å². The SMILES string of the molecule is COC(=O)/C(=C/O[C@H]1OC(=O)c2ccccc21)N1C(=O)c2ccccc2C1=O. The highest BCUT2D eigenvalue weighted by molar-refractivity contribution is 6.24. The zero-order valence-electron chi connectivity index (χ0n) is 14.6. The van der Waals surface area contributed by atoms with Crippen LogP contribution in [0.3, 0.4) is 0 Å². The number of methoxy groups -OCH3 is 1. The van der Waals surface area contributed by atoms with Crippen molar-refractivity contribution in [3.63, 3.8) is 0 Å². The first kappa shape index (κ1) is 17.5. The van der Waals surface area contributed by atoms with Crippen molar-refractivity contribution in [3.05, 3.63) is 82.7 Å². The van der Waals surface area contributed by atoms with E-state index in [1.54, 1.807) is 36.4 Å². The van der Waals surface area contributed by atoms with E-state index in [0.29, 0.717) is 16.0 Å². The number of benzene rings is 2. The zero-order valence-corrected chi connectivity index (χ0v) is 14.6. The van der Waals surface area contributed by atoms with Crippen LogP contribution in [0.15, 0.2) is 60.5 Å².